The lowest BCUT2D eigenvalue weighted by Gasteiger charge is -2.11. The highest BCUT2D eigenvalue weighted by Gasteiger charge is 2.14. The molecule has 1 aromatic rings. The predicted molar refractivity (Wildman–Crippen MR) is 48.4 cm³/mol. The monoisotopic (exact) mass is 202 g/mol. The van der Waals surface area contributed by atoms with E-state index < -0.39 is 6.43 Å². The van der Waals surface area contributed by atoms with Gasteiger partial charge in [0.15, 0.2) is 0 Å². The van der Waals surface area contributed by atoms with Crippen molar-refractivity contribution >= 4 is 0 Å². The maximum absolute atomic E-state index is 12.4. The number of hydrogen-bond donors (Lipinski definition) is 1. The molecule has 0 saturated carbocycles. The van der Waals surface area contributed by atoms with Gasteiger partial charge in [0.05, 0.1) is 12.8 Å². The highest BCUT2D eigenvalue weighted by Crippen LogP contribution is 2.26. The molecule has 2 N–H and O–H groups in total. The zero-order valence-electron chi connectivity index (χ0n) is 8.05. The zero-order chi connectivity index (χ0) is 10.7. The zero-order valence-corrected chi connectivity index (χ0v) is 8.05. The van der Waals surface area contributed by atoms with Crippen molar-refractivity contribution in [1.82, 2.24) is 4.98 Å². The molecule has 1 aromatic heterocycles. The normalized spacial score (nSPS) is 10.7. The van der Waals surface area contributed by atoms with E-state index in [0.29, 0.717) is 17.0 Å². The van der Waals surface area contributed by atoms with Gasteiger partial charge < -0.3 is 10.5 Å². The maximum Gasteiger partial charge on any atom is 0.280 e. The SMILES string of the molecule is COc1c(C)cc(C(F)F)nc1CN. The molecule has 0 atom stereocenters. The summed E-state index contributed by atoms with van der Waals surface area (Å²) in [5.74, 6) is 0.483. The van der Waals surface area contributed by atoms with Gasteiger partial charge >= 0.3 is 0 Å². The van der Waals surface area contributed by atoms with Crippen molar-refractivity contribution in [2.75, 3.05) is 7.11 Å². The molecule has 0 aliphatic heterocycles. The van der Waals surface area contributed by atoms with Gasteiger partial charge in [-0.25, -0.2) is 13.8 Å². The average Bonchev–Trinajstić information content (AvgIpc) is 2.16. The van der Waals surface area contributed by atoms with Crippen LogP contribution in [-0.2, 0) is 6.54 Å². The molecule has 0 unspecified atom stereocenters. The molecule has 3 nitrogen and oxygen atoms in total. The van der Waals surface area contributed by atoms with Crippen LogP contribution in [0, 0.1) is 6.92 Å². The van der Waals surface area contributed by atoms with Crippen LogP contribution < -0.4 is 10.5 Å². The summed E-state index contributed by atoms with van der Waals surface area (Å²) in [6.45, 7) is 1.77. The van der Waals surface area contributed by atoms with E-state index in [1.54, 1.807) is 6.92 Å². The first-order valence-corrected chi connectivity index (χ1v) is 4.12. The number of ether oxygens (including phenoxy) is 1. The number of halogens is 2. The van der Waals surface area contributed by atoms with E-state index >= 15 is 0 Å². The van der Waals surface area contributed by atoms with Crippen LogP contribution >= 0.6 is 0 Å². The molecule has 0 aliphatic rings. The third kappa shape index (κ3) is 1.98. The Labute approximate surface area is 80.9 Å². The Morgan fingerprint density at radius 1 is 1.57 bits per heavy atom. The Morgan fingerprint density at radius 2 is 2.21 bits per heavy atom. The fraction of sp³-hybridized carbons (Fsp3) is 0.444. The van der Waals surface area contributed by atoms with E-state index in [1.807, 2.05) is 0 Å². The van der Waals surface area contributed by atoms with Crippen molar-refractivity contribution in [3.8, 4) is 5.75 Å². The first kappa shape index (κ1) is 10.8. The second kappa shape index (κ2) is 4.32. The fourth-order valence-corrected chi connectivity index (χ4v) is 1.28. The van der Waals surface area contributed by atoms with Gasteiger partial charge in [-0.3, -0.25) is 0 Å². The molecule has 0 aromatic carbocycles. The number of aryl methyl sites for hydroxylation is 1. The number of alkyl halides is 2. The average molecular weight is 202 g/mol. The van der Waals surface area contributed by atoms with E-state index in [0.717, 1.165) is 0 Å². The van der Waals surface area contributed by atoms with Crippen LogP contribution in [0.2, 0.25) is 0 Å². The Kier molecular flexibility index (Phi) is 3.35. The number of nitrogens with two attached hydrogens (primary N) is 1. The second-order valence-corrected chi connectivity index (χ2v) is 2.85. The van der Waals surface area contributed by atoms with Crippen LogP contribution in [-0.4, -0.2) is 12.1 Å². The molecule has 0 saturated heterocycles. The topological polar surface area (TPSA) is 48.1 Å². The number of methoxy groups -OCH3 is 1. The van der Waals surface area contributed by atoms with Crippen LogP contribution in [0.4, 0.5) is 8.78 Å². The molecule has 5 heteroatoms. The number of aromatic nitrogens is 1. The molecule has 0 amide bonds. The van der Waals surface area contributed by atoms with E-state index in [2.05, 4.69) is 4.98 Å². The van der Waals surface area contributed by atoms with Gasteiger partial charge in [0, 0.05) is 6.54 Å². The van der Waals surface area contributed by atoms with Crippen molar-refractivity contribution < 1.29 is 13.5 Å². The minimum atomic E-state index is -2.58. The molecule has 0 aliphatic carbocycles. The van der Waals surface area contributed by atoms with Gasteiger partial charge in [0.1, 0.15) is 11.4 Å². The highest BCUT2D eigenvalue weighted by molar-refractivity contribution is 5.38. The third-order valence-corrected chi connectivity index (χ3v) is 1.87. The lowest BCUT2D eigenvalue weighted by Crippen LogP contribution is -2.07. The Hall–Kier alpha value is -1.23. The molecule has 0 fully saturated rings. The molecule has 1 heterocycles. The standard InChI is InChI=1S/C9H12F2N2O/c1-5-3-6(9(10)11)13-7(4-12)8(5)14-2/h3,9H,4,12H2,1-2H3. The summed E-state index contributed by atoms with van der Waals surface area (Å²) in [4.78, 5) is 3.72. The highest BCUT2D eigenvalue weighted by atomic mass is 19.3. The van der Waals surface area contributed by atoms with Gasteiger partial charge in [-0.15, -0.1) is 0 Å². The largest absolute Gasteiger partial charge is 0.495 e. The van der Waals surface area contributed by atoms with Crippen molar-refractivity contribution in [2.24, 2.45) is 5.73 Å². The molecule has 0 spiro atoms. The summed E-state index contributed by atoms with van der Waals surface area (Å²) >= 11 is 0. The maximum atomic E-state index is 12.4. The van der Waals surface area contributed by atoms with Gasteiger partial charge in [-0.2, -0.15) is 0 Å². The number of nitrogens with zero attached hydrogens (tertiary/aromatic N) is 1. The summed E-state index contributed by atoms with van der Waals surface area (Å²) in [6.07, 6.45) is -2.58. The van der Waals surface area contributed by atoms with E-state index in [4.69, 9.17) is 10.5 Å². The lowest BCUT2D eigenvalue weighted by molar-refractivity contribution is 0.145. The summed E-state index contributed by atoms with van der Waals surface area (Å²) in [6, 6.07) is 1.31. The van der Waals surface area contributed by atoms with Gasteiger partial charge in [-0.05, 0) is 18.6 Å². The molecule has 0 radical (unpaired) electrons. The number of hydrogen-bond acceptors (Lipinski definition) is 3. The van der Waals surface area contributed by atoms with Crippen molar-refractivity contribution in [3.63, 3.8) is 0 Å². The smallest absolute Gasteiger partial charge is 0.280 e. The molecule has 1 rings (SSSR count). The molecule has 14 heavy (non-hydrogen) atoms. The fourth-order valence-electron chi connectivity index (χ4n) is 1.28. The Balaban J connectivity index is 3.24. The quantitative estimate of drug-likeness (QED) is 0.812. The van der Waals surface area contributed by atoms with Crippen molar-refractivity contribution in [1.29, 1.82) is 0 Å². The second-order valence-electron chi connectivity index (χ2n) is 2.85. The Morgan fingerprint density at radius 3 is 2.64 bits per heavy atom. The molecular weight excluding hydrogens is 190 g/mol. The summed E-state index contributed by atoms with van der Waals surface area (Å²) in [5.41, 5.74) is 6.10. The van der Waals surface area contributed by atoms with Crippen molar-refractivity contribution in [3.05, 3.63) is 23.0 Å². The van der Waals surface area contributed by atoms with E-state index in [1.165, 1.54) is 13.2 Å². The first-order chi connectivity index (χ1) is 6.60. The lowest BCUT2D eigenvalue weighted by atomic mass is 10.2. The predicted octanol–water partition coefficient (Wildman–Crippen LogP) is 1.79. The molecule has 78 valence electrons. The summed E-state index contributed by atoms with van der Waals surface area (Å²) < 4.78 is 29.7. The van der Waals surface area contributed by atoms with Crippen LogP contribution in [0.15, 0.2) is 6.07 Å². The first-order valence-electron chi connectivity index (χ1n) is 4.12. The third-order valence-electron chi connectivity index (χ3n) is 1.87. The summed E-state index contributed by atoms with van der Waals surface area (Å²) in [7, 11) is 1.46. The number of rotatable bonds is 3. The van der Waals surface area contributed by atoms with Crippen LogP contribution in [0.1, 0.15) is 23.4 Å². The minimum Gasteiger partial charge on any atom is -0.495 e. The van der Waals surface area contributed by atoms with Crippen molar-refractivity contribution in [2.45, 2.75) is 19.9 Å². The van der Waals surface area contributed by atoms with Gasteiger partial charge in [0.25, 0.3) is 6.43 Å². The van der Waals surface area contributed by atoms with Gasteiger partial charge in [0.2, 0.25) is 0 Å². The molecule has 0 bridgehead atoms. The van der Waals surface area contributed by atoms with Gasteiger partial charge in [-0.1, -0.05) is 0 Å². The van der Waals surface area contributed by atoms with Crippen LogP contribution in [0.3, 0.4) is 0 Å². The van der Waals surface area contributed by atoms with Crippen LogP contribution in [0.5, 0.6) is 5.75 Å². The minimum absolute atomic E-state index is 0.0879. The summed E-state index contributed by atoms with van der Waals surface area (Å²) in [5, 5.41) is 0. The number of pyridine rings is 1. The molecular formula is C9H12F2N2O. The van der Waals surface area contributed by atoms with E-state index in [9.17, 15) is 8.78 Å². The van der Waals surface area contributed by atoms with Crippen LogP contribution in [0.25, 0.3) is 0 Å². The Bertz CT molecular complexity index is 329. The van der Waals surface area contributed by atoms with E-state index in [-0.39, 0.29) is 12.2 Å².